The first-order chi connectivity index (χ1) is 16.0. The van der Waals surface area contributed by atoms with E-state index in [1.807, 2.05) is 19.1 Å². The number of hydrogen-bond acceptors (Lipinski definition) is 3. The standard InChI is InChI=1S/C24H20ClF3N2O3S/c1-16-13-17-7-5-6-10-22(17)30(16)23(31)15-29(34(32,33)19-8-3-2-4-9-19)18-11-12-21(25)20(14-18)24(26,27)28/h2-12,14,16H,13,15H2,1H3. The van der Waals surface area contributed by atoms with E-state index < -0.39 is 39.2 Å². The Bertz CT molecular complexity index is 1330. The van der Waals surface area contributed by atoms with E-state index in [-0.39, 0.29) is 16.6 Å². The van der Waals surface area contributed by atoms with E-state index in [1.54, 1.807) is 18.2 Å². The zero-order valence-corrected chi connectivity index (χ0v) is 19.5. The van der Waals surface area contributed by atoms with Crippen LogP contribution in [0.1, 0.15) is 18.1 Å². The maximum atomic E-state index is 13.5. The van der Waals surface area contributed by atoms with Gasteiger partial charge in [0.2, 0.25) is 5.91 Å². The first-order valence-corrected chi connectivity index (χ1v) is 12.2. The molecular formula is C24H20ClF3N2O3S. The van der Waals surface area contributed by atoms with Gasteiger partial charge in [0.15, 0.2) is 0 Å². The van der Waals surface area contributed by atoms with Gasteiger partial charge in [-0.1, -0.05) is 48.0 Å². The number of rotatable bonds is 5. The number of para-hydroxylation sites is 1. The molecule has 1 amide bonds. The van der Waals surface area contributed by atoms with E-state index in [2.05, 4.69) is 0 Å². The van der Waals surface area contributed by atoms with Crippen molar-refractivity contribution in [1.82, 2.24) is 0 Å². The molecule has 1 aliphatic heterocycles. The normalized spacial score (nSPS) is 15.8. The second kappa shape index (κ2) is 8.96. The molecule has 1 atom stereocenters. The minimum absolute atomic E-state index is 0.152. The number of sulfonamides is 1. The van der Waals surface area contributed by atoms with Crippen molar-refractivity contribution in [2.24, 2.45) is 0 Å². The van der Waals surface area contributed by atoms with Gasteiger partial charge >= 0.3 is 6.18 Å². The third kappa shape index (κ3) is 4.50. The van der Waals surface area contributed by atoms with Crippen LogP contribution in [0.4, 0.5) is 24.5 Å². The molecule has 0 aliphatic carbocycles. The lowest BCUT2D eigenvalue weighted by molar-refractivity contribution is -0.137. The van der Waals surface area contributed by atoms with Crippen molar-refractivity contribution in [2.45, 2.75) is 30.5 Å². The van der Waals surface area contributed by atoms with Gasteiger partial charge in [-0.25, -0.2) is 8.42 Å². The molecule has 178 valence electrons. The molecule has 3 aromatic carbocycles. The Morgan fingerprint density at radius 2 is 1.71 bits per heavy atom. The number of fused-ring (bicyclic) bond motifs is 1. The van der Waals surface area contributed by atoms with Crippen LogP contribution >= 0.6 is 11.6 Å². The molecule has 5 nitrogen and oxygen atoms in total. The van der Waals surface area contributed by atoms with E-state index in [0.29, 0.717) is 22.5 Å². The van der Waals surface area contributed by atoms with Crippen molar-refractivity contribution in [3.63, 3.8) is 0 Å². The molecule has 0 saturated heterocycles. The number of carbonyl (C=O) groups excluding carboxylic acids is 1. The lowest BCUT2D eigenvalue weighted by atomic mass is 10.1. The van der Waals surface area contributed by atoms with Crippen LogP contribution in [0.3, 0.4) is 0 Å². The summed E-state index contributed by atoms with van der Waals surface area (Å²) in [5, 5.41) is -0.568. The fourth-order valence-electron chi connectivity index (χ4n) is 4.06. The third-order valence-corrected chi connectivity index (χ3v) is 7.75. The molecular weight excluding hydrogens is 489 g/mol. The van der Waals surface area contributed by atoms with Crippen molar-refractivity contribution >= 4 is 38.9 Å². The van der Waals surface area contributed by atoms with Crippen LogP contribution in [0.25, 0.3) is 0 Å². The number of halogens is 4. The van der Waals surface area contributed by atoms with Crippen molar-refractivity contribution in [3.05, 3.63) is 88.9 Å². The van der Waals surface area contributed by atoms with Gasteiger partial charge in [-0.15, -0.1) is 0 Å². The van der Waals surface area contributed by atoms with Gasteiger partial charge in [0, 0.05) is 11.7 Å². The number of anilines is 2. The molecule has 1 heterocycles. The van der Waals surface area contributed by atoms with Crippen molar-refractivity contribution in [3.8, 4) is 0 Å². The Labute approximate surface area is 200 Å². The third-order valence-electron chi connectivity index (χ3n) is 5.63. The lowest BCUT2D eigenvalue weighted by Crippen LogP contribution is -2.45. The maximum absolute atomic E-state index is 13.5. The molecule has 0 bridgehead atoms. The number of nitrogens with zero attached hydrogens (tertiary/aromatic N) is 2. The van der Waals surface area contributed by atoms with Gasteiger partial charge in [-0.2, -0.15) is 13.2 Å². The number of benzene rings is 3. The second-order valence-corrected chi connectivity index (χ2v) is 10.2. The van der Waals surface area contributed by atoms with Crippen LogP contribution in [-0.4, -0.2) is 26.9 Å². The summed E-state index contributed by atoms with van der Waals surface area (Å²) in [6.45, 7) is 1.15. The SMILES string of the molecule is CC1Cc2ccccc2N1C(=O)CN(c1ccc(Cl)c(C(F)(F)F)c1)S(=O)(=O)c1ccccc1. The maximum Gasteiger partial charge on any atom is 0.417 e. The van der Waals surface area contributed by atoms with Crippen molar-refractivity contribution < 1.29 is 26.4 Å². The van der Waals surface area contributed by atoms with E-state index >= 15 is 0 Å². The van der Waals surface area contributed by atoms with Crippen LogP contribution in [0.5, 0.6) is 0 Å². The Hall–Kier alpha value is -3.04. The predicted octanol–water partition coefficient (Wildman–Crippen LogP) is 5.53. The monoisotopic (exact) mass is 508 g/mol. The van der Waals surface area contributed by atoms with Gasteiger partial charge in [0.1, 0.15) is 6.54 Å². The summed E-state index contributed by atoms with van der Waals surface area (Å²) >= 11 is 5.74. The van der Waals surface area contributed by atoms with Crippen LogP contribution in [-0.2, 0) is 27.4 Å². The van der Waals surface area contributed by atoms with Gasteiger partial charge in [-0.05, 0) is 55.3 Å². The molecule has 34 heavy (non-hydrogen) atoms. The first kappa shape index (κ1) is 24.1. The molecule has 0 fully saturated rings. The zero-order chi connectivity index (χ0) is 24.7. The van der Waals surface area contributed by atoms with Gasteiger partial charge in [0.25, 0.3) is 10.0 Å². The van der Waals surface area contributed by atoms with Crippen LogP contribution in [0.15, 0.2) is 77.7 Å². The fourth-order valence-corrected chi connectivity index (χ4v) is 5.72. The highest BCUT2D eigenvalue weighted by Gasteiger charge is 2.37. The minimum Gasteiger partial charge on any atom is -0.307 e. The smallest absolute Gasteiger partial charge is 0.307 e. The molecule has 0 radical (unpaired) electrons. The van der Waals surface area contributed by atoms with E-state index in [0.717, 1.165) is 17.7 Å². The molecule has 4 rings (SSSR count). The van der Waals surface area contributed by atoms with Crippen LogP contribution in [0, 0.1) is 0 Å². The zero-order valence-electron chi connectivity index (χ0n) is 18.0. The van der Waals surface area contributed by atoms with Crippen molar-refractivity contribution in [1.29, 1.82) is 0 Å². The number of amides is 1. The Morgan fingerprint density at radius 1 is 1.06 bits per heavy atom. The molecule has 0 aromatic heterocycles. The summed E-state index contributed by atoms with van der Waals surface area (Å²) in [6, 6.07) is 17.1. The highest BCUT2D eigenvalue weighted by molar-refractivity contribution is 7.92. The molecule has 1 aliphatic rings. The molecule has 10 heteroatoms. The van der Waals surface area contributed by atoms with Gasteiger partial charge in [0.05, 0.1) is 21.2 Å². The van der Waals surface area contributed by atoms with Crippen LogP contribution < -0.4 is 9.21 Å². The minimum atomic E-state index is -4.80. The van der Waals surface area contributed by atoms with E-state index in [9.17, 15) is 26.4 Å². The number of alkyl halides is 3. The quantitative estimate of drug-likeness (QED) is 0.455. The lowest BCUT2D eigenvalue weighted by Gasteiger charge is -2.29. The summed E-state index contributed by atoms with van der Waals surface area (Å²) in [7, 11) is -4.37. The highest BCUT2D eigenvalue weighted by atomic mass is 35.5. The van der Waals surface area contributed by atoms with E-state index in [1.165, 1.54) is 29.2 Å². The second-order valence-electron chi connectivity index (χ2n) is 7.93. The highest BCUT2D eigenvalue weighted by Crippen LogP contribution is 2.38. The Kier molecular flexibility index (Phi) is 6.35. The molecule has 0 N–H and O–H groups in total. The summed E-state index contributed by atoms with van der Waals surface area (Å²) in [5.41, 5.74) is 0.0946. The molecule has 0 saturated carbocycles. The first-order valence-electron chi connectivity index (χ1n) is 10.3. The molecule has 3 aromatic rings. The summed E-state index contributed by atoms with van der Waals surface area (Å²) in [4.78, 5) is 14.7. The summed E-state index contributed by atoms with van der Waals surface area (Å²) in [5.74, 6) is -0.555. The van der Waals surface area contributed by atoms with Gasteiger partial charge in [-0.3, -0.25) is 9.10 Å². The fraction of sp³-hybridized carbons (Fsp3) is 0.208. The van der Waals surface area contributed by atoms with Crippen LogP contribution in [0.2, 0.25) is 5.02 Å². The summed E-state index contributed by atoms with van der Waals surface area (Å²) < 4.78 is 68.2. The number of carbonyl (C=O) groups is 1. The Balaban J connectivity index is 1.79. The van der Waals surface area contributed by atoms with Crippen molar-refractivity contribution in [2.75, 3.05) is 15.7 Å². The number of hydrogen-bond donors (Lipinski definition) is 0. The average molecular weight is 509 g/mol. The van der Waals surface area contributed by atoms with E-state index in [4.69, 9.17) is 11.6 Å². The Morgan fingerprint density at radius 3 is 2.38 bits per heavy atom. The van der Waals surface area contributed by atoms with Gasteiger partial charge < -0.3 is 4.90 Å². The summed E-state index contributed by atoms with van der Waals surface area (Å²) in [6.07, 6.45) is -4.21. The molecule has 1 unspecified atom stereocenters. The largest absolute Gasteiger partial charge is 0.417 e. The predicted molar refractivity (Wildman–Crippen MR) is 125 cm³/mol. The average Bonchev–Trinajstić information content (AvgIpc) is 3.13. The molecule has 0 spiro atoms. The topological polar surface area (TPSA) is 57.7 Å².